The van der Waals surface area contributed by atoms with Gasteiger partial charge < -0.3 is 19.6 Å². The van der Waals surface area contributed by atoms with Gasteiger partial charge in [0.25, 0.3) is 0 Å². The van der Waals surface area contributed by atoms with Gasteiger partial charge in [0.05, 0.1) is 0 Å². The van der Waals surface area contributed by atoms with Crippen molar-refractivity contribution in [1.82, 2.24) is 24.6 Å². The van der Waals surface area contributed by atoms with E-state index in [4.69, 9.17) is 4.52 Å². The number of carbonyl (C=O) groups excluding carboxylic acids is 2. The fraction of sp³-hybridized carbons (Fsp3) is 0.750. The van der Waals surface area contributed by atoms with Crippen molar-refractivity contribution in [2.24, 2.45) is 5.92 Å². The summed E-state index contributed by atoms with van der Waals surface area (Å²) in [5, 5.41) is 6.63. The Morgan fingerprint density at radius 3 is 2.16 bits per heavy atom. The number of hydrogen-bond acceptors (Lipinski definition) is 6. The number of piperazine rings is 1. The summed E-state index contributed by atoms with van der Waals surface area (Å²) in [6.45, 7) is 9.95. The lowest BCUT2D eigenvalue weighted by Gasteiger charge is -2.36. The number of rotatable bonds is 5. The quantitative estimate of drug-likeness (QED) is 0.716. The van der Waals surface area contributed by atoms with Crippen LogP contribution in [0.15, 0.2) is 9.42 Å². The van der Waals surface area contributed by atoms with E-state index in [9.17, 15) is 18.0 Å². The van der Waals surface area contributed by atoms with E-state index in [0.29, 0.717) is 70.0 Å². The Hall–Kier alpha value is -2.14. The Morgan fingerprint density at radius 1 is 1.06 bits per heavy atom. The second-order valence-electron chi connectivity index (χ2n) is 8.68. The van der Waals surface area contributed by atoms with E-state index in [2.05, 4.69) is 10.5 Å². The molecule has 2 aliphatic heterocycles. The number of hydrogen-bond donors (Lipinski definition) is 1. The Balaban J connectivity index is 1.47. The van der Waals surface area contributed by atoms with Crippen LogP contribution in [-0.4, -0.2) is 84.9 Å². The first-order chi connectivity index (χ1) is 14.6. The second-order valence-corrected chi connectivity index (χ2v) is 10.6. The number of nitrogens with one attached hydrogen (secondary N) is 1. The number of sulfonamides is 1. The summed E-state index contributed by atoms with van der Waals surface area (Å²) in [6.07, 6.45) is 1.70. The minimum atomic E-state index is -3.64. The molecule has 0 bridgehead atoms. The topological polar surface area (TPSA) is 116 Å². The third kappa shape index (κ3) is 5.38. The normalized spacial score (nSPS) is 19.1. The highest BCUT2D eigenvalue weighted by atomic mass is 32.2. The number of aromatic nitrogens is 1. The maximum absolute atomic E-state index is 12.9. The zero-order valence-corrected chi connectivity index (χ0v) is 19.6. The first kappa shape index (κ1) is 23.5. The Labute approximate surface area is 184 Å². The maximum Gasteiger partial charge on any atom is 0.317 e. The first-order valence-corrected chi connectivity index (χ1v) is 12.3. The van der Waals surface area contributed by atoms with E-state index >= 15 is 0 Å². The summed E-state index contributed by atoms with van der Waals surface area (Å²) >= 11 is 0. The summed E-state index contributed by atoms with van der Waals surface area (Å²) in [4.78, 5) is 28.5. The lowest BCUT2D eigenvalue weighted by atomic mass is 9.94. The van der Waals surface area contributed by atoms with Gasteiger partial charge in [-0.3, -0.25) is 4.79 Å². The Morgan fingerprint density at radius 2 is 1.65 bits per heavy atom. The molecule has 2 fully saturated rings. The molecule has 3 heterocycles. The van der Waals surface area contributed by atoms with Gasteiger partial charge in [0.2, 0.25) is 15.9 Å². The van der Waals surface area contributed by atoms with Crippen LogP contribution in [0.3, 0.4) is 0 Å². The molecule has 174 valence electrons. The first-order valence-electron chi connectivity index (χ1n) is 10.9. The van der Waals surface area contributed by atoms with E-state index < -0.39 is 10.0 Å². The molecule has 0 atom stereocenters. The predicted octanol–water partition coefficient (Wildman–Crippen LogP) is 1.34. The lowest BCUT2D eigenvalue weighted by Crippen LogP contribution is -2.54. The summed E-state index contributed by atoms with van der Waals surface area (Å²) in [6, 6.07) is -0.00609. The van der Waals surface area contributed by atoms with Crippen LogP contribution in [0.5, 0.6) is 0 Å². The van der Waals surface area contributed by atoms with Gasteiger partial charge >= 0.3 is 6.03 Å². The molecule has 1 aromatic heterocycles. The minimum Gasteiger partial charge on any atom is -0.360 e. The SMILES string of the molecule is Cc1noc(C)c1S(=O)(=O)N1CCC(CC(=O)N2CCN(C(=O)NC(C)C)CC2)CC1. The molecule has 2 saturated heterocycles. The van der Waals surface area contributed by atoms with E-state index in [1.54, 1.807) is 18.7 Å². The fourth-order valence-electron chi connectivity index (χ4n) is 4.20. The van der Waals surface area contributed by atoms with Gasteiger partial charge in [-0.2, -0.15) is 4.31 Å². The fourth-order valence-corrected chi connectivity index (χ4v) is 5.96. The number of amides is 3. The highest BCUT2D eigenvalue weighted by Gasteiger charge is 2.35. The monoisotopic (exact) mass is 455 g/mol. The number of aryl methyl sites for hydroxylation is 2. The highest BCUT2D eigenvalue weighted by molar-refractivity contribution is 7.89. The third-order valence-corrected chi connectivity index (χ3v) is 8.08. The minimum absolute atomic E-state index is 0.0796. The second kappa shape index (κ2) is 9.56. The van der Waals surface area contributed by atoms with Gasteiger partial charge in [0.15, 0.2) is 5.76 Å². The average Bonchev–Trinajstić information content (AvgIpc) is 3.06. The third-order valence-electron chi connectivity index (χ3n) is 5.93. The molecule has 2 aliphatic rings. The molecule has 0 radical (unpaired) electrons. The molecule has 0 unspecified atom stereocenters. The average molecular weight is 456 g/mol. The molecule has 3 amide bonds. The molecule has 1 aromatic rings. The zero-order valence-electron chi connectivity index (χ0n) is 18.8. The molecule has 11 heteroatoms. The summed E-state index contributed by atoms with van der Waals surface area (Å²) in [5.74, 6) is 0.540. The molecule has 0 spiro atoms. The number of piperidine rings is 1. The molecule has 31 heavy (non-hydrogen) atoms. The van der Waals surface area contributed by atoms with Crippen LogP contribution in [-0.2, 0) is 14.8 Å². The van der Waals surface area contributed by atoms with Gasteiger partial charge in [0, 0.05) is 51.7 Å². The molecule has 0 saturated carbocycles. The molecule has 3 rings (SSSR count). The van der Waals surface area contributed by atoms with Crippen LogP contribution in [0.4, 0.5) is 4.79 Å². The van der Waals surface area contributed by atoms with Crippen molar-refractivity contribution in [2.45, 2.75) is 57.9 Å². The van der Waals surface area contributed by atoms with Crippen LogP contribution in [0.25, 0.3) is 0 Å². The van der Waals surface area contributed by atoms with Crippen LogP contribution >= 0.6 is 0 Å². The van der Waals surface area contributed by atoms with Crippen molar-refractivity contribution < 1.29 is 22.5 Å². The van der Waals surface area contributed by atoms with Gasteiger partial charge in [-0.05, 0) is 46.5 Å². The van der Waals surface area contributed by atoms with E-state index in [-0.39, 0.29) is 28.8 Å². The van der Waals surface area contributed by atoms with Crippen molar-refractivity contribution in [1.29, 1.82) is 0 Å². The van der Waals surface area contributed by atoms with Crippen molar-refractivity contribution in [3.63, 3.8) is 0 Å². The Kier molecular flexibility index (Phi) is 7.25. The largest absolute Gasteiger partial charge is 0.360 e. The van der Waals surface area contributed by atoms with Crippen LogP contribution in [0.1, 0.15) is 44.6 Å². The summed E-state index contributed by atoms with van der Waals surface area (Å²) in [7, 11) is -3.64. The highest BCUT2D eigenvalue weighted by Crippen LogP contribution is 2.29. The number of urea groups is 1. The number of carbonyl (C=O) groups is 2. The van der Waals surface area contributed by atoms with Gasteiger partial charge in [-0.15, -0.1) is 0 Å². The van der Waals surface area contributed by atoms with Crippen LogP contribution in [0, 0.1) is 19.8 Å². The van der Waals surface area contributed by atoms with Crippen molar-refractivity contribution in [3.8, 4) is 0 Å². The van der Waals surface area contributed by atoms with E-state index in [1.165, 1.54) is 4.31 Å². The smallest absolute Gasteiger partial charge is 0.317 e. The molecular formula is C20H33N5O5S. The number of nitrogens with zero attached hydrogens (tertiary/aromatic N) is 4. The van der Waals surface area contributed by atoms with Crippen LogP contribution < -0.4 is 5.32 Å². The standard InChI is InChI=1S/C20H33N5O5S/c1-14(2)21-20(27)24-11-9-23(10-12-24)18(26)13-17-5-7-25(8-6-17)31(28,29)19-15(3)22-30-16(19)4/h14,17H,5-13H2,1-4H3,(H,21,27). The van der Waals surface area contributed by atoms with Crippen LogP contribution in [0.2, 0.25) is 0 Å². The molecular weight excluding hydrogens is 422 g/mol. The zero-order chi connectivity index (χ0) is 22.8. The van der Waals surface area contributed by atoms with Crippen molar-refractivity contribution >= 4 is 22.0 Å². The lowest BCUT2D eigenvalue weighted by molar-refractivity contribution is -0.133. The molecule has 0 aromatic carbocycles. The molecule has 0 aliphatic carbocycles. The van der Waals surface area contributed by atoms with Gasteiger partial charge in [0.1, 0.15) is 10.6 Å². The van der Waals surface area contributed by atoms with Crippen molar-refractivity contribution in [2.75, 3.05) is 39.3 Å². The molecule has 10 nitrogen and oxygen atoms in total. The van der Waals surface area contributed by atoms with Crippen molar-refractivity contribution in [3.05, 3.63) is 11.5 Å². The summed E-state index contributed by atoms with van der Waals surface area (Å²) in [5.41, 5.74) is 0.371. The van der Waals surface area contributed by atoms with Gasteiger partial charge in [-0.1, -0.05) is 5.16 Å². The van der Waals surface area contributed by atoms with E-state index in [0.717, 1.165) is 0 Å². The molecule has 1 N–H and O–H groups in total. The van der Waals surface area contributed by atoms with Gasteiger partial charge in [-0.25, -0.2) is 13.2 Å². The Bertz CT molecular complexity index is 878. The summed E-state index contributed by atoms with van der Waals surface area (Å²) < 4.78 is 32.3. The van der Waals surface area contributed by atoms with E-state index in [1.807, 2.05) is 18.7 Å². The maximum atomic E-state index is 12.9. The predicted molar refractivity (Wildman–Crippen MR) is 114 cm³/mol.